The van der Waals surface area contributed by atoms with E-state index in [4.69, 9.17) is 38.1 Å². The fraction of sp³-hybridized carbons (Fsp3) is 0.269. The second kappa shape index (κ2) is 39.9. The number of hydrogen-bond acceptors (Lipinski definition) is 12. The standard InChI is InChI=1S/C18H18O4.C13H19NO3Si.C9H10O3.C8H7.C4H9NSi.BrH.2HI.Mg.Zn/c1-4-12-6-5-7-13(8-12)17(19)18(20)14-9-15(21-2)11-16(10-14)22-3;1-15-11-6-10(7-12(8-11)16-2)13(9-14)17-18(3,4)5;1-11-8-3-7(6-10)4-9(5-8)12-2;1-2-8-6-4-3-5-7-8;1-6(2,3)4-5;;;;;/h4-11,18,20H,1H2,2-3H3;6-8,13H,1-5H3;3-6H,1-2H3;2-4,6-7H,1H2;1-3H3;3*1H;;/q;;;-1;;;;;2*+2/p-3. The average molecular weight is 1360 g/mol. The Morgan fingerprint density at radius 2 is 1.07 bits per heavy atom. The van der Waals surface area contributed by atoms with Crippen molar-refractivity contribution in [2.45, 2.75) is 51.5 Å². The van der Waals surface area contributed by atoms with E-state index in [-0.39, 0.29) is 55.9 Å². The molecule has 19 heteroatoms. The molecule has 5 aromatic rings. The molecule has 0 aliphatic heterocycles. The van der Waals surface area contributed by atoms with Crippen LogP contribution in [0.25, 0.3) is 12.2 Å². The number of nitriles is 2. The first-order valence-electron chi connectivity index (χ1n) is 21.0. The number of benzene rings is 5. The maximum atomic E-state index is 12.4. The monoisotopic (exact) mass is 1350 g/mol. The molecule has 0 fully saturated rings. The number of halogens is 3. The van der Waals surface area contributed by atoms with Gasteiger partial charge in [-0.1, -0.05) is 50.5 Å². The molecule has 0 saturated carbocycles. The molecule has 2 atom stereocenters. The predicted molar refractivity (Wildman–Crippen MR) is 301 cm³/mol. The molecule has 374 valence electrons. The molecule has 0 aliphatic rings. The number of methoxy groups -OCH3 is 6. The van der Waals surface area contributed by atoms with Gasteiger partial charge in [-0.05, 0) is 73.2 Å². The summed E-state index contributed by atoms with van der Waals surface area (Å²) in [5.74, 6) is 3.20. The number of carbonyl (C=O) groups excluding carboxylic acids is 2. The smallest absolute Gasteiger partial charge is 2.00 e. The number of ether oxygens (including phenoxy) is 6. The predicted octanol–water partition coefficient (Wildman–Crippen LogP) is 9.81. The van der Waals surface area contributed by atoms with E-state index in [0.717, 1.165) is 23.0 Å². The van der Waals surface area contributed by atoms with Crippen molar-refractivity contribution in [1.82, 2.24) is 0 Å². The third kappa shape index (κ3) is 30.9. The summed E-state index contributed by atoms with van der Waals surface area (Å²) in [4.78, 5) is 22.9. The molecule has 71 heavy (non-hydrogen) atoms. The number of carbonyl (C=O) groups is 2. The van der Waals surface area contributed by atoms with Gasteiger partial charge in [-0.15, -0.1) is 18.2 Å². The minimum Gasteiger partial charge on any atom is 2.00 e. The van der Waals surface area contributed by atoms with Crippen LogP contribution in [0.15, 0.2) is 116 Å². The van der Waals surface area contributed by atoms with Gasteiger partial charge in [-0.25, -0.2) is 5.26 Å². The Morgan fingerprint density at radius 3 is 1.38 bits per heavy atom. The van der Waals surface area contributed by atoms with E-state index in [9.17, 15) is 20.0 Å². The van der Waals surface area contributed by atoms with Crippen LogP contribution < -0.4 is 45.4 Å². The zero-order valence-electron chi connectivity index (χ0n) is 42.7. The maximum absolute atomic E-state index is 12.4. The van der Waals surface area contributed by atoms with Crippen LogP contribution in [0.1, 0.15) is 55.2 Å². The number of Topliss-reactive ketones (excluding diaryl/α,β-unsaturated/α-hetero) is 1. The topological polar surface area (TPSA) is 167 Å². The second-order valence-corrected chi connectivity index (χ2v) is 48.6. The summed E-state index contributed by atoms with van der Waals surface area (Å²) in [5, 5.41) is 27.8. The Morgan fingerprint density at radius 1 is 0.676 bits per heavy atom. The summed E-state index contributed by atoms with van der Waals surface area (Å²) >= 11 is 4.93. The number of nitrogens with zero attached hydrogens (tertiary/aromatic N) is 2. The molecule has 0 bridgehead atoms. The quantitative estimate of drug-likeness (QED) is 0.0347. The third-order valence-electron chi connectivity index (χ3n) is 8.42. The minimum atomic E-state index is -1.78. The van der Waals surface area contributed by atoms with E-state index in [2.05, 4.69) is 90.1 Å². The van der Waals surface area contributed by atoms with Crippen LogP contribution in [0.5, 0.6) is 34.5 Å². The molecule has 0 heterocycles. The van der Waals surface area contributed by atoms with Gasteiger partial charge in [0.05, 0.1) is 48.7 Å². The fourth-order valence-electron chi connectivity index (χ4n) is 5.05. The molecule has 2 unspecified atom stereocenters. The molecule has 0 radical (unpaired) electrons. The van der Waals surface area contributed by atoms with Gasteiger partial charge in [0.25, 0.3) is 0 Å². The van der Waals surface area contributed by atoms with Gasteiger partial charge in [0.15, 0.2) is 28.3 Å². The van der Waals surface area contributed by atoms with Gasteiger partial charge in [0.2, 0.25) is 0 Å². The number of hydrogen-bond donors (Lipinski definition) is 1. The summed E-state index contributed by atoms with van der Waals surface area (Å²) in [6.07, 6.45) is 2.34. The largest absolute Gasteiger partial charge is 2.00 e. The van der Waals surface area contributed by atoms with Crippen LogP contribution in [0.3, 0.4) is 0 Å². The van der Waals surface area contributed by atoms with Crippen LogP contribution in [0, 0.1) is 28.4 Å². The molecular formula is C52H63BrI2MgN2O10Si2Zn. The van der Waals surface area contributed by atoms with Crippen LogP contribution in [0.4, 0.5) is 0 Å². The number of aliphatic hydroxyl groups is 1. The summed E-state index contributed by atoms with van der Waals surface area (Å²) in [6.45, 7) is 19.5. The molecular weight excluding hydrogens is 1290 g/mol. The van der Waals surface area contributed by atoms with Gasteiger partial charge in [0, 0.05) is 40.6 Å². The van der Waals surface area contributed by atoms with Gasteiger partial charge in [-0.3, -0.25) is 9.59 Å². The van der Waals surface area contributed by atoms with Crippen LogP contribution in [0.2, 0.25) is 39.3 Å². The molecule has 0 spiro atoms. The minimum absolute atomic E-state index is 0. The van der Waals surface area contributed by atoms with Crippen molar-refractivity contribution < 1.29 is 74.6 Å². The Balaban J connectivity index is -0.000000847. The second-order valence-electron chi connectivity index (χ2n) is 15.9. The van der Waals surface area contributed by atoms with E-state index >= 15 is 0 Å². The Labute approximate surface area is 479 Å². The fourth-order valence-corrected chi connectivity index (χ4v) is 5.95. The first-order chi connectivity index (χ1) is 32.7. The molecule has 0 aliphatic carbocycles. The number of ketones is 1. The molecule has 0 aromatic heterocycles. The Hall–Kier alpha value is -3.62. The van der Waals surface area contributed by atoms with E-state index in [0.29, 0.717) is 51.2 Å². The third-order valence-corrected chi connectivity index (χ3v) is 10.0. The normalized spacial score (nSPS) is 10.3. The van der Waals surface area contributed by atoms with E-state index in [1.54, 1.807) is 113 Å². The zero-order valence-corrected chi connectivity index (χ0v) is 55.0. The zero-order chi connectivity index (χ0) is 52.6. The van der Waals surface area contributed by atoms with Crippen LogP contribution in [-0.2, 0) is 14.5 Å². The summed E-state index contributed by atoms with van der Waals surface area (Å²) in [5.41, 5.74) is 6.33. The van der Waals surface area contributed by atoms with Crippen LogP contribution in [-0.4, -0.2) is 99.3 Å². The van der Waals surface area contributed by atoms with Crippen molar-refractivity contribution in [2.24, 2.45) is 0 Å². The number of rotatable bonds is 15. The van der Waals surface area contributed by atoms with E-state index in [1.807, 2.05) is 50.0 Å². The Bertz CT molecular complexity index is 2370. The molecule has 12 nitrogen and oxygen atoms in total. The molecule has 0 saturated heterocycles. The van der Waals surface area contributed by atoms with Gasteiger partial charge in [-0.2, -0.15) is 35.6 Å². The molecule has 5 aromatic carbocycles. The summed E-state index contributed by atoms with van der Waals surface area (Å²) in [7, 11) is 6.24. The average Bonchev–Trinajstić information content (AvgIpc) is 3.37. The Kier molecular flexibility index (Phi) is 40.2. The maximum Gasteiger partial charge on any atom is 2.00 e. The van der Waals surface area contributed by atoms with Crippen molar-refractivity contribution in [3.05, 3.63) is 156 Å². The SMILES string of the molecule is C=Cc1c[c-]ccc1.C=Cc1cccc(C(=O)C(O)c2cc(OC)cc(OC)c2)c1.COc1cc(C=O)cc(OC)c1.COc1cc(OC)cc(C(C#N)O[Si](C)(C)C)c1.C[Si](C)(C)C#N.[Br-].[I][Zn][I].[Mg+2]. The van der Waals surface area contributed by atoms with Crippen molar-refractivity contribution in [3.8, 4) is 46.3 Å². The first-order valence-corrected chi connectivity index (χ1v) is 46.0. The van der Waals surface area contributed by atoms with Crippen molar-refractivity contribution in [3.63, 3.8) is 0 Å². The number of aliphatic hydroxyl groups excluding tert-OH is 1. The molecule has 1 N–H and O–H groups in total. The van der Waals surface area contributed by atoms with E-state index in [1.165, 1.54) is 14.2 Å². The summed E-state index contributed by atoms with van der Waals surface area (Å²) < 4.78 is 36.4. The van der Waals surface area contributed by atoms with Gasteiger partial charge in [0.1, 0.15) is 46.9 Å². The molecule has 0 amide bonds. The summed E-state index contributed by atoms with van der Waals surface area (Å²) in [6, 6.07) is 35.1. The van der Waals surface area contributed by atoms with Gasteiger partial charge < -0.3 is 54.9 Å². The van der Waals surface area contributed by atoms with Crippen molar-refractivity contribution in [2.75, 3.05) is 42.7 Å². The molecule has 5 rings (SSSR count). The van der Waals surface area contributed by atoms with Crippen molar-refractivity contribution in [1.29, 1.82) is 10.5 Å². The first kappa shape index (κ1) is 71.6. The number of aldehydes is 1. The van der Waals surface area contributed by atoms with E-state index < -0.39 is 28.6 Å². The van der Waals surface area contributed by atoms with Crippen LogP contribution >= 0.6 is 39.5 Å². The van der Waals surface area contributed by atoms with Gasteiger partial charge >= 0.3 is 72.7 Å². The van der Waals surface area contributed by atoms with Crippen molar-refractivity contribution >= 4 is 103 Å².